The number of amides is 1. The van der Waals surface area contributed by atoms with Crippen molar-refractivity contribution in [2.24, 2.45) is 0 Å². The Morgan fingerprint density at radius 3 is 3.04 bits per heavy atom. The molecule has 0 aliphatic heterocycles. The van der Waals surface area contributed by atoms with Crippen LogP contribution in [-0.4, -0.2) is 17.5 Å². The molecule has 0 radical (unpaired) electrons. The molecule has 0 bridgehead atoms. The van der Waals surface area contributed by atoms with E-state index in [1.54, 1.807) is 11.3 Å². The van der Waals surface area contributed by atoms with Crippen LogP contribution in [0.3, 0.4) is 0 Å². The monoisotopic (exact) mass is 394 g/mol. The normalized spacial score (nSPS) is 13.4. The SMILES string of the molecule is O=C(CCCOc1cccc(Br)c1)Nc1nc2c(s1)CCCC2. The first-order valence-electron chi connectivity index (χ1n) is 7.87. The molecule has 0 unspecified atom stereocenters. The third-order valence-electron chi connectivity index (χ3n) is 3.71. The first kappa shape index (κ1) is 16.5. The first-order chi connectivity index (χ1) is 11.2. The molecule has 1 heterocycles. The largest absolute Gasteiger partial charge is 0.494 e. The molecule has 1 aliphatic carbocycles. The molecular formula is C17H19BrN2O2S. The van der Waals surface area contributed by atoms with Crippen molar-refractivity contribution in [3.8, 4) is 5.75 Å². The highest BCUT2D eigenvalue weighted by atomic mass is 79.9. The van der Waals surface area contributed by atoms with Gasteiger partial charge < -0.3 is 10.1 Å². The molecule has 4 nitrogen and oxygen atoms in total. The molecular weight excluding hydrogens is 376 g/mol. The third-order valence-corrected chi connectivity index (χ3v) is 5.27. The van der Waals surface area contributed by atoms with E-state index in [-0.39, 0.29) is 5.91 Å². The van der Waals surface area contributed by atoms with Crippen molar-refractivity contribution in [3.05, 3.63) is 39.3 Å². The third kappa shape index (κ3) is 4.78. The topological polar surface area (TPSA) is 51.2 Å². The number of hydrogen-bond donors (Lipinski definition) is 1. The number of aryl methyl sites for hydroxylation is 2. The molecule has 122 valence electrons. The minimum Gasteiger partial charge on any atom is -0.494 e. The maximum Gasteiger partial charge on any atom is 0.226 e. The molecule has 0 spiro atoms. The van der Waals surface area contributed by atoms with Crippen LogP contribution in [0.2, 0.25) is 0 Å². The van der Waals surface area contributed by atoms with Gasteiger partial charge in [-0.1, -0.05) is 22.0 Å². The van der Waals surface area contributed by atoms with Gasteiger partial charge in [0.15, 0.2) is 5.13 Å². The van der Waals surface area contributed by atoms with E-state index in [4.69, 9.17) is 4.74 Å². The second-order valence-electron chi connectivity index (χ2n) is 5.55. The van der Waals surface area contributed by atoms with Crippen LogP contribution < -0.4 is 10.1 Å². The van der Waals surface area contributed by atoms with Gasteiger partial charge in [0.25, 0.3) is 0 Å². The van der Waals surface area contributed by atoms with E-state index in [1.807, 2.05) is 24.3 Å². The number of rotatable bonds is 6. The average molecular weight is 395 g/mol. The lowest BCUT2D eigenvalue weighted by molar-refractivity contribution is -0.116. The summed E-state index contributed by atoms with van der Waals surface area (Å²) in [7, 11) is 0. The Bertz CT molecular complexity index is 663. The second kappa shape index (κ2) is 7.93. The molecule has 1 aromatic heterocycles. The molecule has 3 rings (SSSR count). The molecule has 1 aromatic carbocycles. The zero-order valence-electron chi connectivity index (χ0n) is 12.8. The number of hydrogen-bond acceptors (Lipinski definition) is 4. The van der Waals surface area contributed by atoms with Crippen molar-refractivity contribution in [3.63, 3.8) is 0 Å². The van der Waals surface area contributed by atoms with E-state index in [0.29, 0.717) is 19.4 Å². The van der Waals surface area contributed by atoms with Crippen LogP contribution in [0.25, 0.3) is 0 Å². The summed E-state index contributed by atoms with van der Waals surface area (Å²) in [6, 6.07) is 7.70. The fourth-order valence-electron chi connectivity index (χ4n) is 2.57. The molecule has 6 heteroatoms. The number of halogens is 1. The number of carbonyl (C=O) groups excluding carboxylic acids is 1. The number of ether oxygens (including phenoxy) is 1. The Hall–Kier alpha value is -1.40. The average Bonchev–Trinajstić information content (AvgIpc) is 2.94. The van der Waals surface area contributed by atoms with E-state index in [9.17, 15) is 4.79 Å². The smallest absolute Gasteiger partial charge is 0.226 e. The predicted octanol–water partition coefficient (Wildman–Crippen LogP) is 4.58. The summed E-state index contributed by atoms with van der Waals surface area (Å²) in [5, 5.41) is 3.66. The van der Waals surface area contributed by atoms with Crippen molar-refractivity contribution in [2.75, 3.05) is 11.9 Å². The minimum atomic E-state index is 0.00828. The van der Waals surface area contributed by atoms with Crippen LogP contribution in [0.15, 0.2) is 28.7 Å². The van der Waals surface area contributed by atoms with Crippen LogP contribution in [-0.2, 0) is 17.6 Å². The Kier molecular flexibility index (Phi) is 5.67. The van der Waals surface area contributed by atoms with Crippen LogP contribution in [0.4, 0.5) is 5.13 Å². The predicted molar refractivity (Wildman–Crippen MR) is 96.3 cm³/mol. The van der Waals surface area contributed by atoms with Gasteiger partial charge in [-0.2, -0.15) is 0 Å². The molecule has 0 saturated carbocycles. The van der Waals surface area contributed by atoms with Gasteiger partial charge in [-0.05, 0) is 50.3 Å². The van der Waals surface area contributed by atoms with E-state index < -0.39 is 0 Å². The molecule has 0 saturated heterocycles. The summed E-state index contributed by atoms with van der Waals surface area (Å²) in [4.78, 5) is 17.8. The number of aromatic nitrogens is 1. The van der Waals surface area contributed by atoms with E-state index in [2.05, 4.69) is 26.2 Å². The summed E-state index contributed by atoms with van der Waals surface area (Å²) in [6.07, 6.45) is 5.71. The number of carbonyl (C=O) groups is 1. The van der Waals surface area contributed by atoms with Crippen molar-refractivity contribution in [1.82, 2.24) is 4.98 Å². The molecule has 0 fully saturated rings. The van der Waals surface area contributed by atoms with Crippen molar-refractivity contribution in [1.29, 1.82) is 0 Å². The standard InChI is InChI=1S/C17H19BrN2O2S/c18-12-5-3-6-13(11-12)22-10-4-9-16(21)20-17-19-14-7-1-2-8-15(14)23-17/h3,5-6,11H,1-2,4,7-10H2,(H,19,20,21). The van der Waals surface area contributed by atoms with Gasteiger partial charge in [0, 0.05) is 15.8 Å². The second-order valence-corrected chi connectivity index (χ2v) is 7.55. The number of fused-ring (bicyclic) bond motifs is 1. The fourth-order valence-corrected chi connectivity index (χ4v) is 4.01. The summed E-state index contributed by atoms with van der Waals surface area (Å²) in [5.41, 5.74) is 1.18. The van der Waals surface area contributed by atoms with E-state index >= 15 is 0 Å². The van der Waals surface area contributed by atoms with Gasteiger partial charge >= 0.3 is 0 Å². The molecule has 1 amide bonds. The van der Waals surface area contributed by atoms with Crippen LogP contribution in [0.1, 0.15) is 36.3 Å². The summed E-state index contributed by atoms with van der Waals surface area (Å²) in [5.74, 6) is 0.821. The van der Waals surface area contributed by atoms with Crippen LogP contribution >= 0.6 is 27.3 Å². The summed E-state index contributed by atoms with van der Waals surface area (Å²) >= 11 is 5.03. The zero-order valence-corrected chi connectivity index (χ0v) is 15.2. The van der Waals surface area contributed by atoms with Crippen LogP contribution in [0.5, 0.6) is 5.75 Å². The van der Waals surface area contributed by atoms with Gasteiger partial charge in [0.1, 0.15) is 5.75 Å². The molecule has 1 aliphatic rings. The van der Waals surface area contributed by atoms with E-state index in [0.717, 1.165) is 28.2 Å². The Morgan fingerprint density at radius 2 is 2.22 bits per heavy atom. The van der Waals surface area contributed by atoms with Gasteiger partial charge in [0.2, 0.25) is 5.91 Å². The number of thiazole rings is 1. The number of nitrogens with zero attached hydrogens (tertiary/aromatic N) is 1. The maximum atomic E-state index is 12.0. The zero-order chi connectivity index (χ0) is 16.1. The molecule has 23 heavy (non-hydrogen) atoms. The summed E-state index contributed by atoms with van der Waals surface area (Å²) in [6.45, 7) is 0.526. The van der Waals surface area contributed by atoms with Gasteiger partial charge in [-0.15, -0.1) is 11.3 Å². The number of anilines is 1. The lowest BCUT2D eigenvalue weighted by atomic mass is 10.0. The van der Waals surface area contributed by atoms with Crippen LogP contribution in [0, 0.1) is 0 Å². The molecule has 0 atom stereocenters. The lowest BCUT2D eigenvalue weighted by Gasteiger charge is -2.06. The van der Waals surface area contributed by atoms with Gasteiger partial charge in [0.05, 0.1) is 12.3 Å². The first-order valence-corrected chi connectivity index (χ1v) is 9.48. The van der Waals surface area contributed by atoms with Gasteiger partial charge in [-0.3, -0.25) is 4.79 Å². The fraction of sp³-hybridized carbons (Fsp3) is 0.412. The van der Waals surface area contributed by atoms with E-state index in [1.165, 1.54) is 23.4 Å². The molecule has 1 N–H and O–H groups in total. The highest BCUT2D eigenvalue weighted by Gasteiger charge is 2.16. The quantitative estimate of drug-likeness (QED) is 0.729. The minimum absolute atomic E-state index is 0.00828. The van der Waals surface area contributed by atoms with Crippen molar-refractivity contribution < 1.29 is 9.53 Å². The summed E-state index contributed by atoms with van der Waals surface area (Å²) < 4.78 is 6.62. The maximum absolute atomic E-state index is 12.0. The number of benzene rings is 1. The molecule has 2 aromatic rings. The number of nitrogens with one attached hydrogen (secondary N) is 1. The van der Waals surface area contributed by atoms with Crippen molar-refractivity contribution >= 4 is 38.3 Å². The van der Waals surface area contributed by atoms with Gasteiger partial charge in [-0.25, -0.2) is 4.98 Å². The Labute approximate surface area is 148 Å². The highest BCUT2D eigenvalue weighted by molar-refractivity contribution is 9.10. The lowest BCUT2D eigenvalue weighted by Crippen LogP contribution is -2.12. The Balaban J connectivity index is 1.40. The highest BCUT2D eigenvalue weighted by Crippen LogP contribution is 2.29. The Morgan fingerprint density at radius 1 is 1.35 bits per heavy atom. The van der Waals surface area contributed by atoms with Crippen molar-refractivity contribution in [2.45, 2.75) is 38.5 Å².